The molecule has 0 heterocycles. The van der Waals surface area contributed by atoms with Gasteiger partial charge in [0.15, 0.2) is 0 Å². The molecule has 5 heteroatoms. The molecule has 0 saturated heterocycles. The molecule has 3 aromatic rings. The predicted octanol–water partition coefficient (Wildman–Crippen LogP) is 7.28. The molecule has 0 saturated carbocycles. The van der Waals surface area contributed by atoms with E-state index in [9.17, 15) is 4.39 Å². The molecule has 3 rings (SSSR count). The summed E-state index contributed by atoms with van der Waals surface area (Å²) in [5, 5.41) is 2.88. The van der Waals surface area contributed by atoms with E-state index in [0.29, 0.717) is 6.61 Å². The number of thioether (sulfide) groups is 2. The third kappa shape index (κ3) is 7.80. The summed E-state index contributed by atoms with van der Waals surface area (Å²) in [7, 11) is 0. The first-order chi connectivity index (χ1) is 14.2. The largest absolute Gasteiger partial charge is 0.493 e. The van der Waals surface area contributed by atoms with Gasteiger partial charge in [-0.05, 0) is 66.9 Å². The highest BCUT2D eigenvalue weighted by Crippen LogP contribution is 2.22. The van der Waals surface area contributed by atoms with E-state index in [2.05, 4.69) is 19.1 Å². The number of benzene rings is 3. The van der Waals surface area contributed by atoms with Crippen LogP contribution in [0.1, 0.15) is 5.56 Å². The van der Waals surface area contributed by atoms with Crippen LogP contribution in [0.2, 0.25) is 0 Å². The first-order valence-corrected chi connectivity index (χ1v) is 11.1. The van der Waals surface area contributed by atoms with Crippen LogP contribution < -0.4 is 4.74 Å². The van der Waals surface area contributed by atoms with Crippen molar-refractivity contribution in [2.45, 2.75) is 11.8 Å². The molecule has 0 aromatic heterocycles. The Balaban J connectivity index is 1.61. The highest BCUT2D eigenvalue weighted by atomic mass is 32.2. The number of nitrogens with zero attached hydrogens (tertiary/aromatic N) is 1. The summed E-state index contributed by atoms with van der Waals surface area (Å²) < 4.78 is 18.8. The molecule has 0 spiro atoms. The minimum absolute atomic E-state index is 0.228. The standard InChI is InChI=1S/C24H22FNOS2/c1-19-7-11-21(12-8-19)26-24(15-17-28-23-13-9-20(25)10-14-23)29-18-16-27-22-5-3-2-4-6-22/h2-15,17H,16,18H2,1H3. The second-order valence-corrected chi connectivity index (χ2v) is 8.26. The summed E-state index contributed by atoms with van der Waals surface area (Å²) in [6, 6.07) is 24.4. The molecule has 0 aliphatic heterocycles. The van der Waals surface area contributed by atoms with Gasteiger partial charge < -0.3 is 4.74 Å². The maximum Gasteiger partial charge on any atom is 0.123 e. The van der Waals surface area contributed by atoms with E-state index < -0.39 is 0 Å². The van der Waals surface area contributed by atoms with Crippen LogP contribution in [0.25, 0.3) is 0 Å². The Morgan fingerprint density at radius 3 is 2.41 bits per heavy atom. The molecule has 29 heavy (non-hydrogen) atoms. The summed E-state index contributed by atoms with van der Waals surface area (Å²) in [6.45, 7) is 2.66. The maximum absolute atomic E-state index is 13.0. The number of rotatable bonds is 8. The Kier molecular flexibility index (Phi) is 8.40. The Labute approximate surface area is 179 Å². The first kappa shape index (κ1) is 21.2. The monoisotopic (exact) mass is 423 g/mol. The fraction of sp³-hybridized carbons (Fsp3) is 0.125. The van der Waals surface area contributed by atoms with Gasteiger partial charge in [-0.25, -0.2) is 9.38 Å². The van der Waals surface area contributed by atoms with Crippen LogP contribution >= 0.6 is 23.5 Å². The van der Waals surface area contributed by atoms with Crippen LogP contribution in [0, 0.1) is 12.7 Å². The van der Waals surface area contributed by atoms with E-state index >= 15 is 0 Å². The summed E-state index contributed by atoms with van der Waals surface area (Å²) in [5.74, 6) is 1.42. The van der Waals surface area contributed by atoms with E-state index in [0.717, 1.165) is 27.1 Å². The van der Waals surface area contributed by atoms with Gasteiger partial charge in [0.2, 0.25) is 0 Å². The van der Waals surface area contributed by atoms with E-state index in [1.807, 2.05) is 53.9 Å². The Bertz CT molecular complexity index is 939. The van der Waals surface area contributed by atoms with Gasteiger partial charge in [-0.3, -0.25) is 0 Å². The smallest absolute Gasteiger partial charge is 0.123 e. The van der Waals surface area contributed by atoms with Gasteiger partial charge in [-0.15, -0.1) is 11.8 Å². The van der Waals surface area contributed by atoms with Crippen LogP contribution in [-0.2, 0) is 0 Å². The fourth-order valence-corrected chi connectivity index (χ4v) is 3.81. The van der Waals surface area contributed by atoms with Gasteiger partial charge in [0.05, 0.1) is 17.3 Å². The third-order valence-corrected chi connectivity index (χ3v) is 5.56. The van der Waals surface area contributed by atoms with Crippen molar-refractivity contribution >= 4 is 34.3 Å². The first-order valence-electron chi connectivity index (χ1n) is 9.24. The fourth-order valence-electron chi connectivity index (χ4n) is 2.37. The Hall–Kier alpha value is -2.50. The van der Waals surface area contributed by atoms with Crippen molar-refractivity contribution in [2.24, 2.45) is 4.99 Å². The number of ether oxygens (including phenoxy) is 1. The van der Waals surface area contributed by atoms with Gasteiger partial charge >= 0.3 is 0 Å². The molecule has 0 aliphatic carbocycles. The Morgan fingerprint density at radius 1 is 0.966 bits per heavy atom. The van der Waals surface area contributed by atoms with E-state index in [-0.39, 0.29) is 5.82 Å². The lowest BCUT2D eigenvalue weighted by molar-refractivity contribution is 0.344. The highest BCUT2D eigenvalue weighted by molar-refractivity contribution is 8.14. The van der Waals surface area contributed by atoms with Crippen LogP contribution in [0.5, 0.6) is 5.75 Å². The quantitative estimate of drug-likeness (QED) is 0.164. The summed E-state index contributed by atoms with van der Waals surface area (Å²) in [6.07, 6.45) is 1.99. The topological polar surface area (TPSA) is 21.6 Å². The second kappa shape index (κ2) is 11.5. The molecular formula is C24H22FNOS2. The molecule has 2 nitrogen and oxygen atoms in total. The minimum atomic E-state index is -0.228. The Morgan fingerprint density at radius 2 is 1.69 bits per heavy atom. The predicted molar refractivity (Wildman–Crippen MR) is 124 cm³/mol. The molecule has 148 valence electrons. The second-order valence-electron chi connectivity index (χ2n) is 6.17. The number of aryl methyl sites for hydroxylation is 1. The number of para-hydroxylation sites is 1. The lowest BCUT2D eigenvalue weighted by atomic mass is 10.2. The van der Waals surface area contributed by atoms with Crippen molar-refractivity contribution in [3.63, 3.8) is 0 Å². The zero-order chi connectivity index (χ0) is 20.3. The van der Waals surface area contributed by atoms with Crippen LogP contribution in [0.15, 0.2) is 100 Å². The number of hydrogen-bond acceptors (Lipinski definition) is 4. The van der Waals surface area contributed by atoms with Gasteiger partial charge in [0.1, 0.15) is 11.6 Å². The van der Waals surface area contributed by atoms with Crippen molar-refractivity contribution in [1.82, 2.24) is 0 Å². The number of halogens is 1. The molecule has 3 aromatic carbocycles. The lowest BCUT2D eigenvalue weighted by Gasteiger charge is -2.06. The van der Waals surface area contributed by atoms with Crippen molar-refractivity contribution in [2.75, 3.05) is 12.4 Å². The van der Waals surface area contributed by atoms with Gasteiger partial charge in [0, 0.05) is 10.6 Å². The summed E-state index contributed by atoms with van der Waals surface area (Å²) in [5.41, 5.74) is 2.12. The van der Waals surface area contributed by atoms with Crippen molar-refractivity contribution < 1.29 is 9.13 Å². The number of hydrogen-bond donors (Lipinski definition) is 0. The van der Waals surface area contributed by atoms with Crippen molar-refractivity contribution in [3.05, 3.63) is 102 Å². The van der Waals surface area contributed by atoms with E-state index in [1.54, 1.807) is 23.9 Å². The molecule has 0 radical (unpaired) electrons. The van der Waals surface area contributed by atoms with E-state index in [1.165, 1.54) is 29.5 Å². The molecular weight excluding hydrogens is 401 g/mol. The molecule has 0 N–H and O–H groups in total. The molecule has 0 unspecified atom stereocenters. The third-order valence-electron chi connectivity index (χ3n) is 3.85. The van der Waals surface area contributed by atoms with Crippen LogP contribution in [0.3, 0.4) is 0 Å². The van der Waals surface area contributed by atoms with Crippen LogP contribution in [-0.4, -0.2) is 17.4 Å². The molecule has 0 aliphatic rings. The molecule has 0 fully saturated rings. The summed E-state index contributed by atoms with van der Waals surface area (Å²) in [4.78, 5) is 5.73. The molecule has 0 bridgehead atoms. The van der Waals surface area contributed by atoms with Crippen molar-refractivity contribution in [3.8, 4) is 5.75 Å². The number of aliphatic imine (C=N–C) groups is 1. The van der Waals surface area contributed by atoms with Crippen molar-refractivity contribution in [1.29, 1.82) is 0 Å². The van der Waals surface area contributed by atoms with E-state index in [4.69, 9.17) is 9.73 Å². The maximum atomic E-state index is 13.0. The zero-order valence-corrected chi connectivity index (χ0v) is 17.8. The molecule has 0 amide bonds. The highest BCUT2D eigenvalue weighted by Gasteiger charge is 2.00. The zero-order valence-electron chi connectivity index (χ0n) is 16.1. The minimum Gasteiger partial charge on any atom is -0.493 e. The van der Waals surface area contributed by atoms with Gasteiger partial charge in [-0.2, -0.15) is 0 Å². The molecule has 0 atom stereocenters. The average molecular weight is 424 g/mol. The summed E-state index contributed by atoms with van der Waals surface area (Å²) >= 11 is 3.18. The average Bonchev–Trinajstić information content (AvgIpc) is 2.75. The normalized spacial score (nSPS) is 11.7. The SMILES string of the molecule is Cc1ccc(N=C(C=CSc2ccc(F)cc2)SCCOc2ccccc2)cc1. The van der Waals surface area contributed by atoms with Gasteiger partial charge in [-0.1, -0.05) is 47.7 Å². The lowest BCUT2D eigenvalue weighted by Crippen LogP contribution is -2.02. The van der Waals surface area contributed by atoms with Crippen LogP contribution in [0.4, 0.5) is 10.1 Å². The van der Waals surface area contributed by atoms with Gasteiger partial charge in [0.25, 0.3) is 0 Å².